The van der Waals surface area contributed by atoms with Gasteiger partial charge in [0, 0.05) is 10.0 Å². The monoisotopic (exact) mass is 297 g/mol. The molecule has 1 aliphatic rings. The Morgan fingerprint density at radius 1 is 1.24 bits per heavy atom. The fourth-order valence-electron chi connectivity index (χ4n) is 2.74. The zero-order chi connectivity index (χ0) is 12.5. The molecule has 0 atom stereocenters. The van der Waals surface area contributed by atoms with Gasteiger partial charge < -0.3 is 10.5 Å². The van der Waals surface area contributed by atoms with Gasteiger partial charge in [-0.05, 0) is 43.0 Å². The Kier molecular flexibility index (Phi) is 3.79. The minimum absolute atomic E-state index is 0.167. The summed E-state index contributed by atoms with van der Waals surface area (Å²) in [5.41, 5.74) is 8.91. The van der Waals surface area contributed by atoms with Gasteiger partial charge in [-0.15, -0.1) is 0 Å². The predicted molar refractivity (Wildman–Crippen MR) is 74.4 cm³/mol. The number of benzene rings is 1. The third-order valence-corrected chi connectivity index (χ3v) is 4.66. The zero-order valence-corrected chi connectivity index (χ0v) is 12.1. The summed E-state index contributed by atoms with van der Waals surface area (Å²) >= 11 is 3.59. The SMILES string of the molecule is COc1cc(Br)c(C)c(C2(N)CCCCC2)c1. The average molecular weight is 298 g/mol. The lowest BCUT2D eigenvalue weighted by Crippen LogP contribution is -2.39. The third-order valence-electron chi connectivity index (χ3n) is 3.84. The van der Waals surface area contributed by atoms with Gasteiger partial charge in [0.25, 0.3) is 0 Å². The molecule has 0 saturated heterocycles. The van der Waals surface area contributed by atoms with E-state index in [1.165, 1.54) is 30.4 Å². The lowest BCUT2D eigenvalue weighted by atomic mass is 9.76. The van der Waals surface area contributed by atoms with Gasteiger partial charge in [0.05, 0.1) is 7.11 Å². The Morgan fingerprint density at radius 2 is 1.88 bits per heavy atom. The second-order valence-electron chi connectivity index (χ2n) is 5.00. The largest absolute Gasteiger partial charge is 0.497 e. The van der Waals surface area contributed by atoms with Crippen molar-refractivity contribution in [2.45, 2.75) is 44.6 Å². The van der Waals surface area contributed by atoms with E-state index in [4.69, 9.17) is 10.5 Å². The first-order valence-electron chi connectivity index (χ1n) is 6.20. The van der Waals surface area contributed by atoms with Crippen LogP contribution in [0.1, 0.15) is 43.2 Å². The molecule has 0 radical (unpaired) electrons. The van der Waals surface area contributed by atoms with Gasteiger partial charge in [0.1, 0.15) is 5.75 Å². The molecule has 0 aromatic heterocycles. The van der Waals surface area contributed by atoms with E-state index in [2.05, 4.69) is 28.9 Å². The van der Waals surface area contributed by atoms with Crippen LogP contribution in [0.15, 0.2) is 16.6 Å². The van der Waals surface area contributed by atoms with E-state index in [1.807, 2.05) is 6.07 Å². The van der Waals surface area contributed by atoms with Gasteiger partial charge in [-0.2, -0.15) is 0 Å². The molecule has 1 aliphatic carbocycles. The van der Waals surface area contributed by atoms with Gasteiger partial charge in [-0.25, -0.2) is 0 Å². The molecule has 94 valence electrons. The highest BCUT2D eigenvalue weighted by atomic mass is 79.9. The highest BCUT2D eigenvalue weighted by molar-refractivity contribution is 9.10. The smallest absolute Gasteiger partial charge is 0.120 e. The predicted octanol–water partition coefficient (Wildman–Crippen LogP) is 3.88. The first-order chi connectivity index (χ1) is 8.07. The molecule has 0 heterocycles. The highest BCUT2D eigenvalue weighted by Crippen LogP contribution is 2.39. The number of nitrogens with two attached hydrogens (primary N) is 1. The topological polar surface area (TPSA) is 35.2 Å². The van der Waals surface area contributed by atoms with Crippen LogP contribution in [-0.2, 0) is 5.54 Å². The molecule has 2 rings (SSSR count). The van der Waals surface area contributed by atoms with Crippen molar-refractivity contribution in [3.8, 4) is 5.75 Å². The van der Waals surface area contributed by atoms with Gasteiger partial charge in [0.2, 0.25) is 0 Å². The van der Waals surface area contributed by atoms with Crippen molar-refractivity contribution in [1.82, 2.24) is 0 Å². The van der Waals surface area contributed by atoms with Gasteiger partial charge >= 0.3 is 0 Å². The summed E-state index contributed by atoms with van der Waals surface area (Å²) in [7, 11) is 1.70. The number of halogens is 1. The molecule has 0 aliphatic heterocycles. The van der Waals surface area contributed by atoms with Crippen LogP contribution >= 0.6 is 15.9 Å². The molecule has 0 spiro atoms. The second kappa shape index (κ2) is 4.99. The second-order valence-corrected chi connectivity index (χ2v) is 5.85. The normalized spacial score (nSPS) is 19.1. The number of hydrogen-bond donors (Lipinski definition) is 1. The van der Waals surface area contributed by atoms with E-state index in [9.17, 15) is 0 Å². The summed E-state index contributed by atoms with van der Waals surface area (Å²) in [5.74, 6) is 0.882. The van der Waals surface area contributed by atoms with Gasteiger partial charge in [-0.1, -0.05) is 35.2 Å². The van der Waals surface area contributed by atoms with Crippen LogP contribution < -0.4 is 10.5 Å². The summed E-state index contributed by atoms with van der Waals surface area (Å²) in [4.78, 5) is 0. The third kappa shape index (κ3) is 2.50. The molecule has 0 bridgehead atoms. The van der Waals surface area contributed by atoms with Crippen molar-refractivity contribution in [1.29, 1.82) is 0 Å². The van der Waals surface area contributed by atoms with Crippen molar-refractivity contribution >= 4 is 15.9 Å². The molecule has 2 N–H and O–H groups in total. The van der Waals surface area contributed by atoms with Gasteiger partial charge in [0.15, 0.2) is 0 Å². The molecule has 1 aromatic carbocycles. The molecule has 0 amide bonds. The fraction of sp³-hybridized carbons (Fsp3) is 0.571. The van der Waals surface area contributed by atoms with Crippen molar-refractivity contribution in [3.63, 3.8) is 0 Å². The summed E-state index contributed by atoms with van der Waals surface area (Å²) in [6.07, 6.45) is 5.92. The van der Waals surface area contributed by atoms with Crippen molar-refractivity contribution in [3.05, 3.63) is 27.7 Å². The Labute approximate surface area is 112 Å². The van der Waals surface area contributed by atoms with Gasteiger partial charge in [-0.3, -0.25) is 0 Å². The summed E-state index contributed by atoms with van der Waals surface area (Å²) in [5, 5.41) is 0. The van der Waals surface area contributed by atoms with E-state index in [1.54, 1.807) is 7.11 Å². The number of rotatable bonds is 2. The van der Waals surface area contributed by atoms with E-state index in [0.717, 1.165) is 23.1 Å². The Morgan fingerprint density at radius 3 is 2.47 bits per heavy atom. The summed E-state index contributed by atoms with van der Waals surface area (Å²) in [6, 6.07) is 4.11. The Balaban J connectivity index is 2.45. The molecular formula is C14H20BrNO. The fourth-order valence-corrected chi connectivity index (χ4v) is 3.18. The van der Waals surface area contributed by atoms with Crippen LogP contribution in [-0.4, -0.2) is 7.11 Å². The van der Waals surface area contributed by atoms with Crippen LogP contribution in [0, 0.1) is 6.92 Å². The number of hydrogen-bond acceptors (Lipinski definition) is 2. The molecule has 0 unspecified atom stereocenters. The lowest BCUT2D eigenvalue weighted by Gasteiger charge is -2.35. The van der Waals surface area contributed by atoms with Crippen LogP contribution in [0.2, 0.25) is 0 Å². The van der Waals surface area contributed by atoms with Crippen LogP contribution in [0.25, 0.3) is 0 Å². The van der Waals surface area contributed by atoms with E-state index in [-0.39, 0.29) is 5.54 Å². The zero-order valence-electron chi connectivity index (χ0n) is 10.6. The molecule has 1 saturated carbocycles. The average Bonchev–Trinajstić information content (AvgIpc) is 2.33. The first-order valence-corrected chi connectivity index (χ1v) is 6.99. The maximum atomic E-state index is 6.60. The van der Waals surface area contributed by atoms with Crippen LogP contribution in [0.5, 0.6) is 5.75 Å². The summed E-state index contributed by atoms with van der Waals surface area (Å²) in [6.45, 7) is 2.13. The summed E-state index contributed by atoms with van der Waals surface area (Å²) < 4.78 is 6.43. The molecule has 1 aromatic rings. The van der Waals surface area contributed by atoms with Crippen molar-refractivity contribution < 1.29 is 4.74 Å². The quantitative estimate of drug-likeness (QED) is 0.899. The van der Waals surface area contributed by atoms with Crippen LogP contribution in [0.3, 0.4) is 0 Å². The van der Waals surface area contributed by atoms with Crippen molar-refractivity contribution in [2.24, 2.45) is 5.73 Å². The maximum absolute atomic E-state index is 6.60. The minimum atomic E-state index is -0.167. The minimum Gasteiger partial charge on any atom is -0.497 e. The van der Waals surface area contributed by atoms with Crippen LogP contribution in [0.4, 0.5) is 0 Å². The maximum Gasteiger partial charge on any atom is 0.120 e. The molecule has 1 fully saturated rings. The van der Waals surface area contributed by atoms with E-state index < -0.39 is 0 Å². The standard InChI is InChI=1S/C14H20BrNO/c1-10-12(8-11(17-2)9-13(10)15)14(16)6-4-3-5-7-14/h8-9H,3-7,16H2,1-2H3. The molecule has 2 nitrogen and oxygen atoms in total. The number of methoxy groups -OCH3 is 1. The highest BCUT2D eigenvalue weighted by Gasteiger charge is 2.31. The molecular weight excluding hydrogens is 278 g/mol. The Bertz CT molecular complexity index is 411. The van der Waals surface area contributed by atoms with E-state index in [0.29, 0.717) is 0 Å². The van der Waals surface area contributed by atoms with Crippen molar-refractivity contribution in [2.75, 3.05) is 7.11 Å². The number of ether oxygens (including phenoxy) is 1. The lowest BCUT2D eigenvalue weighted by molar-refractivity contribution is 0.299. The first kappa shape index (κ1) is 12.9. The Hall–Kier alpha value is -0.540. The molecule has 17 heavy (non-hydrogen) atoms. The van der Waals surface area contributed by atoms with E-state index >= 15 is 0 Å². The molecule has 3 heteroatoms.